The van der Waals surface area contributed by atoms with E-state index >= 15 is 0 Å². The number of nitrogens with zero attached hydrogens (tertiary/aromatic N) is 2. The van der Waals surface area contributed by atoms with Crippen LogP contribution in [0.3, 0.4) is 0 Å². The molecule has 0 spiro atoms. The Morgan fingerprint density at radius 1 is 1.00 bits per heavy atom. The molecule has 0 saturated heterocycles. The number of halogens is 2. The van der Waals surface area contributed by atoms with Gasteiger partial charge in [0.2, 0.25) is 20.0 Å². The Balaban J connectivity index is 2.42. The van der Waals surface area contributed by atoms with Gasteiger partial charge in [-0.1, -0.05) is 35.3 Å². The maximum Gasteiger partial charge on any atom is 0.410 e. The first-order valence-electron chi connectivity index (χ1n) is 12.4. The summed E-state index contributed by atoms with van der Waals surface area (Å²) in [4.78, 5) is 26.1. The highest BCUT2D eigenvalue weighted by Gasteiger charge is 2.39. The van der Waals surface area contributed by atoms with Crippen LogP contribution >= 0.6 is 23.2 Å². The van der Waals surface area contributed by atoms with Crippen LogP contribution in [-0.4, -0.2) is 64.1 Å². The first kappa shape index (κ1) is 32.7. The lowest BCUT2D eigenvalue weighted by atomic mass is 9.74. The number of rotatable bonds is 7. The predicted octanol–water partition coefficient (Wildman–Crippen LogP) is 5.65. The Kier molecular flexibility index (Phi) is 9.44. The SMILES string of the molecule is CN(C(=O)OC(C)(C)C)[C@H]1CC[C@@H](c2ccc(Cl)c(Cl)c2)c2ccc(N(S(C)(=O)=O)S(C)(=O)=O)c(/C=C/C(=O)O)c21. The highest BCUT2D eigenvalue weighted by Crippen LogP contribution is 2.48. The third-order valence-corrected chi connectivity index (χ3v) is 10.4. The van der Waals surface area contributed by atoms with Crippen LogP contribution in [0.5, 0.6) is 0 Å². The summed E-state index contributed by atoms with van der Waals surface area (Å²) in [5, 5.41) is 10.1. The number of hydrogen-bond donors (Lipinski definition) is 1. The predicted molar refractivity (Wildman–Crippen MR) is 160 cm³/mol. The minimum atomic E-state index is -4.39. The van der Waals surface area contributed by atoms with Crippen molar-refractivity contribution in [3.63, 3.8) is 0 Å². The third-order valence-electron chi connectivity index (χ3n) is 6.42. The minimum Gasteiger partial charge on any atom is -0.478 e. The molecule has 0 unspecified atom stereocenters. The molecule has 0 radical (unpaired) electrons. The number of benzene rings is 2. The van der Waals surface area contributed by atoms with Crippen molar-refractivity contribution < 1.29 is 36.3 Å². The molecule has 3 rings (SSSR count). The summed E-state index contributed by atoms with van der Waals surface area (Å²) in [5.41, 5.74) is 0.722. The molecule has 1 aliphatic rings. The normalized spacial score (nSPS) is 17.7. The van der Waals surface area contributed by atoms with Gasteiger partial charge < -0.3 is 14.7 Å². The number of carboxylic acid groups (broad SMARTS) is 1. The number of carboxylic acids is 1. The van der Waals surface area contributed by atoms with Gasteiger partial charge in [0, 0.05) is 24.6 Å². The molecule has 41 heavy (non-hydrogen) atoms. The topological polar surface area (TPSA) is 138 Å². The van der Waals surface area contributed by atoms with Crippen molar-refractivity contribution in [2.45, 2.75) is 51.2 Å². The fraction of sp³-hybridized carbons (Fsp3) is 0.407. The zero-order chi connectivity index (χ0) is 31.1. The average molecular weight is 648 g/mol. The van der Waals surface area contributed by atoms with E-state index in [1.54, 1.807) is 45.0 Å². The van der Waals surface area contributed by atoms with Gasteiger partial charge in [0.25, 0.3) is 0 Å². The first-order valence-corrected chi connectivity index (χ1v) is 16.9. The molecular weight excluding hydrogens is 615 g/mol. The maximum atomic E-state index is 13.2. The number of amides is 1. The smallest absolute Gasteiger partial charge is 0.410 e. The van der Waals surface area contributed by atoms with E-state index in [4.69, 9.17) is 27.9 Å². The lowest BCUT2D eigenvalue weighted by molar-refractivity contribution is -0.131. The number of fused-ring (bicyclic) bond motifs is 1. The van der Waals surface area contributed by atoms with Crippen molar-refractivity contribution in [3.8, 4) is 0 Å². The summed E-state index contributed by atoms with van der Waals surface area (Å²) in [6, 6.07) is 7.33. The largest absolute Gasteiger partial charge is 0.478 e. The van der Waals surface area contributed by atoms with Crippen LogP contribution < -0.4 is 3.71 Å². The van der Waals surface area contributed by atoms with Crippen LogP contribution in [0.2, 0.25) is 10.0 Å². The molecule has 1 amide bonds. The van der Waals surface area contributed by atoms with Crippen LogP contribution in [0.4, 0.5) is 10.5 Å². The lowest BCUT2D eigenvalue weighted by Gasteiger charge is -2.39. The molecule has 1 N–H and O–H groups in total. The lowest BCUT2D eigenvalue weighted by Crippen LogP contribution is -2.39. The van der Waals surface area contributed by atoms with Crippen LogP contribution in [0, 0.1) is 0 Å². The van der Waals surface area contributed by atoms with E-state index in [1.807, 2.05) is 0 Å². The van der Waals surface area contributed by atoms with Gasteiger partial charge >= 0.3 is 12.1 Å². The van der Waals surface area contributed by atoms with Crippen LogP contribution in [0.1, 0.15) is 67.8 Å². The molecule has 224 valence electrons. The first-order chi connectivity index (χ1) is 18.7. The molecule has 2 aromatic rings. The van der Waals surface area contributed by atoms with Gasteiger partial charge in [0.05, 0.1) is 34.3 Å². The number of sulfonamides is 2. The second-order valence-electron chi connectivity index (χ2n) is 10.8. The van der Waals surface area contributed by atoms with Crippen LogP contribution in [0.25, 0.3) is 6.08 Å². The maximum absolute atomic E-state index is 13.2. The summed E-state index contributed by atoms with van der Waals surface area (Å²) >= 11 is 12.4. The van der Waals surface area contributed by atoms with Gasteiger partial charge in [-0.15, -0.1) is 0 Å². The number of aliphatic carboxylic acids is 1. The van der Waals surface area contributed by atoms with Crippen molar-refractivity contribution in [1.82, 2.24) is 4.90 Å². The second kappa shape index (κ2) is 11.8. The van der Waals surface area contributed by atoms with Crippen LogP contribution in [0.15, 0.2) is 36.4 Å². The van der Waals surface area contributed by atoms with E-state index in [9.17, 15) is 31.5 Å². The van der Waals surface area contributed by atoms with E-state index < -0.39 is 43.8 Å². The summed E-state index contributed by atoms with van der Waals surface area (Å²) < 4.78 is 56.9. The molecule has 0 heterocycles. The molecule has 2 aromatic carbocycles. The molecule has 0 fully saturated rings. The number of carbonyl (C=O) groups is 2. The standard InChI is InChI=1S/C27H32Cl2N2O8S2/c1-27(2,3)39-26(34)30(4)23-13-8-17(16-7-11-20(28)21(29)15-16)18-9-12-22(19(25(18)23)10-14-24(32)33)31(40(5,35)36)41(6,37)38/h7,9-12,14-15,17,23H,8,13H2,1-6H3,(H,32,33)/b14-10+/t17-,23-/m0/s1. The fourth-order valence-corrected chi connectivity index (χ4v) is 8.26. The van der Waals surface area contributed by atoms with E-state index in [-0.39, 0.29) is 20.9 Å². The molecule has 1 aliphatic carbocycles. The Labute approximate surface area is 250 Å². The molecule has 10 nitrogen and oxygen atoms in total. The number of hydrogen-bond acceptors (Lipinski definition) is 7. The molecule has 0 aliphatic heterocycles. The second-order valence-corrected chi connectivity index (χ2v) is 15.5. The summed E-state index contributed by atoms with van der Waals surface area (Å²) in [6.45, 7) is 5.13. The van der Waals surface area contributed by atoms with Crippen molar-refractivity contribution in [2.75, 3.05) is 23.3 Å². The van der Waals surface area contributed by atoms with Crippen molar-refractivity contribution in [2.24, 2.45) is 0 Å². The zero-order valence-electron chi connectivity index (χ0n) is 23.4. The fourth-order valence-electron chi connectivity index (χ4n) is 4.96. The molecule has 0 bridgehead atoms. The van der Waals surface area contributed by atoms with Gasteiger partial charge in [-0.05, 0) is 74.6 Å². The van der Waals surface area contributed by atoms with Crippen LogP contribution in [-0.2, 0) is 29.6 Å². The van der Waals surface area contributed by atoms with E-state index in [2.05, 4.69) is 0 Å². The Hall–Kier alpha value is -2.80. The van der Waals surface area contributed by atoms with Gasteiger partial charge in [-0.3, -0.25) is 0 Å². The molecular formula is C27H32Cl2N2O8S2. The van der Waals surface area contributed by atoms with Crippen molar-refractivity contribution in [1.29, 1.82) is 0 Å². The highest BCUT2D eigenvalue weighted by molar-refractivity contribution is 8.09. The van der Waals surface area contributed by atoms with Crippen molar-refractivity contribution >= 4 is 67.1 Å². The van der Waals surface area contributed by atoms with Gasteiger partial charge in [0.1, 0.15) is 5.60 Å². The number of anilines is 1. The van der Waals surface area contributed by atoms with Crippen molar-refractivity contribution in [3.05, 3.63) is 68.7 Å². The average Bonchev–Trinajstić information content (AvgIpc) is 2.80. The molecule has 14 heteroatoms. The summed E-state index contributed by atoms with van der Waals surface area (Å²) in [7, 11) is -7.26. The van der Waals surface area contributed by atoms with Gasteiger partial charge in [-0.2, -0.15) is 3.71 Å². The Morgan fingerprint density at radius 2 is 1.61 bits per heavy atom. The van der Waals surface area contributed by atoms with E-state index in [1.165, 1.54) is 18.0 Å². The van der Waals surface area contributed by atoms with Gasteiger partial charge in [0.15, 0.2) is 0 Å². The quantitative estimate of drug-likeness (QED) is 0.381. The monoisotopic (exact) mass is 646 g/mol. The zero-order valence-corrected chi connectivity index (χ0v) is 26.5. The number of ether oxygens (including phenoxy) is 1. The van der Waals surface area contributed by atoms with E-state index in [0.29, 0.717) is 34.0 Å². The third kappa shape index (κ3) is 7.54. The summed E-state index contributed by atoms with van der Waals surface area (Å²) in [6.07, 6.45) is 3.61. The Morgan fingerprint density at radius 3 is 2.12 bits per heavy atom. The molecule has 0 saturated carbocycles. The number of carbonyl (C=O) groups excluding carboxylic acids is 1. The molecule has 2 atom stereocenters. The Bertz CT molecular complexity index is 1580. The highest BCUT2D eigenvalue weighted by atomic mass is 35.5. The molecule has 0 aromatic heterocycles. The van der Waals surface area contributed by atoms with Gasteiger partial charge in [-0.25, -0.2) is 26.4 Å². The van der Waals surface area contributed by atoms with E-state index in [0.717, 1.165) is 30.2 Å². The minimum absolute atomic E-state index is 0.0194. The summed E-state index contributed by atoms with van der Waals surface area (Å²) in [5.74, 6) is -1.66.